The molecule has 1 atom stereocenters. The third-order valence-corrected chi connectivity index (χ3v) is 3.38. The maximum Gasteiger partial charge on any atom is 0.305 e. The minimum absolute atomic E-state index is 0.0494. The lowest BCUT2D eigenvalue weighted by molar-refractivity contribution is -0.140. The number of ether oxygens (including phenoxy) is 1. The smallest absolute Gasteiger partial charge is 0.305 e. The number of carbonyl (C=O) groups is 1. The van der Waals surface area contributed by atoms with Crippen LogP contribution in [0.15, 0.2) is 12.1 Å². The molecule has 1 unspecified atom stereocenters. The van der Waals surface area contributed by atoms with Crippen LogP contribution in [-0.4, -0.2) is 13.1 Å². The summed E-state index contributed by atoms with van der Waals surface area (Å²) in [5.74, 6) is -0.162. The van der Waals surface area contributed by atoms with Crippen molar-refractivity contribution in [1.29, 1.82) is 0 Å². The van der Waals surface area contributed by atoms with Crippen molar-refractivity contribution in [3.8, 4) is 0 Å². The maximum absolute atomic E-state index is 10.9. The Labute approximate surface area is 94.2 Å². The molecule has 0 bridgehead atoms. The monoisotopic (exact) mass is 227 g/mol. The molecule has 0 fully saturated rings. The number of rotatable bonds is 5. The van der Waals surface area contributed by atoms with E-state index < -0.39 is 0 Å². The van der Waals surface area contributed by atoms with E-state index in [0.717, 1.165) is 12.8 Å². The van der Waals surface area contributed by atoms with Gasteiger partial charge in [-0.3, -0.25) is 4.79 Å². The molecule has 1 aromatic heterocycles. The number of hydrogen-bond acceptors (Lipinski definition) is 4. The van der Waals surface area contributed by atoms with Crippen LogP contribution in [0.4, 0.5) is 0 Å². The molecule has 4 heteroatoms. The number of esters is 1. The van der Waals surface area contributed by atoms with Crippen LogP contribution < -0.4 is 5.73 Å². The molecule has 3 nitrogen and oxygen atoms in total. The third kappa shape index (κ3) is 4.01. The number of carbonyl (C=O) groups excluding carboxylic acids is 1. The van der Waals surface area contributed by atoms with Gasteiger partial charge < -0.3 is 10.5 Å². The van der Waals surface area contributed by atoms with Crippen LogP contribution in [0.1, 0.15) is 35.1 Å². The first-order chi connectivity index (χ1) is 7.13. The lowest BCUT2D eigenvalue weighted by atomic mass is 10.1. The highest BCUT2D eigenvalue weighted by Crippen LogP contribution is 2.24. The molecular formula is C11H17NO2S. The van der Waals surface area contributed by atoms with Crippen LogP contribution in [0.2, 0.25) is 0 Å². The highest BCUT2D eigenvalue weighted by atomic mass is 32.1. The summed E-state index contributed by atoms with van der Waals surface area (Å²) in [5.41, 5.74) is 5.99. The number of methoxy groups -OCH3 is 1. The van der Waals surface area contributed by atoms with E-state index in [2.05, 4.69) is 23.8 Å². The van der Waals surface area contributed by atoms with Crippen molar-refractivity contribution in [2.45, 2.75) is 32.2 Å². The quantitative estimate of drug-likeness (QED) is 0.786. The molecule has 0 aliphatic rings. The van der Waals surface area contributed by atoms with Crippen LogP contribution in [0.3, 0.4) is 0 Å². The molecule has 0 aliphatic carbocycles. The average molecular weight is 227 g/mol. The molecule has 0 aliphatic heterocycles. The van der Waals surface area contributed by atoms with Gasteiger partial charge in [0, 0.05) is 22.2 Å². The number of aryl methyl sites for hydroxylation is 1. The van der Waals surface area contributed by atoms with Crippen LogP contribution in [0.5, 0.6) is 0 Å². The van der Waals surface area contributed by atoms with E-state index in [-0.39, 0.29) is 12.0 Å². The Morgan fingerprint density at radius 3 is 2.87 bits per heavy atom. The zero-order chi connectivity index (χ0) is 11.3. The van der Waals surface area contributed by atoms with Gasteiger partial charge in [-0.1, -0.05) is 0 Å². The summed E-state index contributed by atoms with van der Waals surface area (Å²) in [6.45, 7) is 2.06. The van der Waals surface area contributed by atoms with Crippen LogP contribution in [0, 0.1) is 6.92 Å². The number of thiophene rings is 1. The van der Waals surface area contributed by atoms with Crippen LogP contribution in [0.25, 0.3) is 0 Å². The highest BCUT2D eigenvalue weighted by molar-refractivity contribution is 7.12. The van der Waals surface area contributed by atoms with Gasteiger partial charge in [-0.25, -0.2) is 0 Å². The molecule has 0 radical (unpaired) electrons. The summed E-state index contributed by atoms with van der Waals surface area (Å²) in [7, 11) is 1.41. The standard InChI is InChI=1S/C11H17NO2S/c1-8-6-7-10(15-8)9(12)4-3-5-11(13)14-2/h6-7,9H,3-5,12H2,1-2H3. The Balaban J connectivity index is 2.30. The first kappa shape index (κ1) is 12.2. The Bertz CT molecular complexity index is 322. The van der Waals surface area contributed by atoms with E-state index in [9.17, 15) is 4.79 Å². The van der Waals surface area contributed by atoms with Gasteiger partial charge >= 0.3 is 5.97 Å². The van der Waals surface area contributed by atoms with Crippen molar-refractivity contribution in [3.63, 3.8) is 0 Å². The molecule has 0 aromatic carbocycles. The summed E-state index contributed by atoms with van der Waals surface area (Å²) in [4.78, 5) is 13.3. The second-order valence-electron chi connectivity index (χ2n) is 3.52. The van der Waals surface area contributed by atoms with E-state index in [0.29, 0.717) is 6.42 Å². The zero-order valence-corrected chi connectivity index (χ0v) is 9.97. The first-order valence-electron chi connectivity index (χ1n) is 5.02. The fraction of sp³-hybridized carbons (Fsp3) is 0.545. The minimum atomic E-state index is -0.162. The highest BCUT2D eigenvalue weighted by Gasteiger charge is 2.09. The largest absolute Gasteiger partial charge is 0.469 e. The van der Waals surface area contributed by atoms with Gasteiger partial charge in [-0.05, 0) is 31.9 Å². The van der Waals surface area contributed by atoms with Crippen molar-refractivity contribution in [2.24, 2.45) is 5.73 Å². The Kier molecular flexibility index (Phi) is 4.78. The minimum Gasteiger partial charge on any atom is -0.469 e. The second kappa shape index (κ2) is 5.88. The summed E-state index contributed by atoms with van der Waals surface area (Å²) >= 11 is 1.72. The van der Waals surface area contributed by atoms with Crippen molar-refractivity contribution in [2.75, 3.05) is 7.11 Å². The lowest BCUT2D eigenvalue weighted by Gasteiger charge is -2.08. The molecule has 1 heterocycles. The van der Waals surface area contributed by atoms with Gasteiger partial charge in [0.15, 0.2) is 0 Å². The van der Waals surface area contributed by atoms with Crippen molar-refractivity contribution in [1.82, 2.24) is 0 Å². The van der Waals surface area contributed by atoms with Crippen molar-refractivity contribution in [3.05, 3.63) is 21.9 Å². The SMILES string of the molecule is COC(=O)CCCC(N)c1ccc(C)s1. The van der Waals surface area contributed by atoms with E-state index in [1.54, 1.807) is 11.3 Å². The Hall–Kier alpha value is -0.870. The van der Waals surface area contributed by atoms with Gasteiger partial charge in [0.25, 0.3) is 0 Å². The summed E-state index contributed by atoms with van der Waals surface area (Å²) < 4.78 is 4.56. The van der Waals surface area contributed by atoms with E-state index in [1.165, 1.54) is 16.9 Å². The molecule has 0 saturated carbocycles. The van der Waals surface area contributed by atoms with E-state index >= 15 is 0 Å². The molecule has 1 aromatic rings. The summed E-state index contributed by atoms with van der Waals surface area (Å²) in [6.07, 6.45) is 2.06. The average Bonchev–Trinajstić information content (AvgIpc) is 2.64. The second-order valence-corrected chi connectivity index (χ2v) is 4.84. The molecule has 0 saturated heterocycles. The summed E-state index contributed by atoms with van der Waals surface area (Å²) in [5, 5.41) is 0. The van der Waals surface area contributed by atoms with Gasteiger partial charge in [0.1, 0.15) is 0 Å². The van der Waals surface area contributed by atoms with Gasteiger partial charge in [0.05, 0.1) is 7.11 Å². The first-order valence-corrected chi connectivity index (χ1v) is 5.84. The molecule has 1 rings (SSSR count). The number of hydrogen-bond donors (Lipinski definition) is 1. The maximum atomic E-state index is 10.9. The predicted octanol–water partition coefficient (Wildman–Crippen LogP) is 2.40. The predicted molar refractivity (Wildman–Crippen MR) is 61.9 cm³/mol. The Morgan fingerprint density at radius 1 is 1.60 bits per heavy atom. The molecule has 0 spiro atoms. The number of nitrogens with two attached hydrogens (primary N) is 1. The van der Waals surface area contributed by atoms with E-state index in [4.69, 9.17) is 5.73 Å². The van der Waals surface area contributed by atoms with Gasteiger partial charge in [0.2, 0.25) is 0 Å². The van der Waals surface area contributed by atoms with Crippen LogP contribution in [-0.2, 0) is 9.53 Å². The molecule has 84 valence electrons. The molecular weight excluding hydrogens is 210 g/mol. The normalized spacial score (nSPS) is 12.5. The van der Waals surface area contributed by atoms with Gasteiger partial charge in [-0.2, -0.15) is 0 Å². The fourth-order valence-corrected chi connectivity index (χ4v) is 2.28. The van der Waals surface area contributed by atoms with Gasteiger partial charge in [-0.15, -0.1) is 11.3 Å². The van der Waals surface area contributed by atoms with Crippen LogP contribution >= 0.6 is 11.3 Å². The third-order valence-electron chi connectivity index (χ3n) is 2.25. The summed E-state index contributed by atoms with van der Waals surface area (Å²) in [6, 6.07) is 4.18. The Morgan fingerprint density at radius 2 is 2.33 bits per heavy atom. The van der Waals surface area contributed by atoms with Crippen molar-refractivity contribution < 1.29 is 9.53 Å². The molecule has 15 heavy (non-hydrogen) atoms. The van der Waals surface area contributed by atoms with Crippen molar-refractivity contribution >= 4 is 17.3 Å². The molecule has 0 amide bonds. The molecule has 2 N–H and O–H groups in total. The fourth-order valence-electron chi connectivity index (χ4n) is 1.36. The van der Waals surface area contributed by atoms with E-state index in [1.807, 2.05) is 0 Å². The lowest BCUT2D eigenvalue weighted by Crippen LogP contribution is -2.09. The zero-order valence-electron chi connectivity index (χ0n) is 9.16. The topological polar surface area (TPSA) is 52.3 Å².